The van der Waals surface area contributed by atoms with Crippen molar-refractivity contribution in [2.75, 3.05) is 6.54 Å². The number of aldehydes is 1. The number of carbonyl (C=O) groups is 1. The Morgan fingerprint density at radius 1 is 1.00 bits per heavy atom. The summed E-state index contributed by atoms with van der Waals surface area (Å²) in [6.07, 6.45) is 0.692. The van der Waals surface area contributed by atoms with Crippen molar-refractivity contribution in [2.24, 2.45) is 0 Å². The first-order chi connectivity index (χ1) is 10.1. The SMILES string of the molecule is CCN(Cc1ccccc1)S(=O)(=O)c1ccc(C=O)cc1. The van der Waals surface area contributed by atoms with Gasteiger partial charge in [0.05, 0.1) is 4.90 Å². The van der Waals surface area contributed by atoms with Crippen LogP contribution < -0.4 is 0 Å². The first kappa shape index (κ1) is 15.4. The van der Waals surface area contributed by atoms with Crippen molar-refractivity contribution in [3.05, 3.63) is 65.7 Å². The average Bonchev–Trinajstić information content (AvgIpc) is 2.53. The van der Waals surface area contributed by atoms with Crippen LogP contribution in [-0.4, -0.2) is 25.6 Å². The van der Waals surface area contributed by atoms with Gasteiger partial charge < -0.3 is 0 Å². The van der Waals surface area contributed by atoms with E-state index in [1.54, 1.807) is 6.92 Å². The zero-order chi connectivity index (χ0) is 15.3. The highest BCUT2D eigenvalue weighted by Gasteiger charge is 2.22. The zero-order valence-electron chi connectivity index (χ0n) is 11.8. The van der Waals surface area contributed by atoms with Crippen LogP contribution in [0.25, 0.3) is 0 Å². The van der Waals surface area contributed by atoms with Crippen LogP contribution in [0.3, 0.4) is 0 Å². The van der Waals surface area contributed by atoms with E-state index >= 15 is 0 Å². The Morgan fingerprint density at radius 2 is 1.62 bits per heavy atom. The third-order valence-electron chi connectivity index (χ3n) is 3.21. The van der Waals surface area contributed by atoms with E-state index in [1.807, 2.05) is 30.3 Å². The Kier molecular flexibility index (Phi) is 4.88. The van der Waals surface area contributed by atoms with Crippen LogP contribution in [0.5, 0.6) is 0 Å². The van der Waals surface area contributed by atoms with Gasteiger partial charge in [-0.2, -0.15) is 4.31 Å². The lowest BCUT2D eigenvalue weighted by atomic mass is 10.2. The first-order valence-corrected chi connectivity index (χ1v) is 8.11. The quantitative estimate of drug-likeness (QED) is 0.771. The third kappa shape index (κ3) is 3.56. The predicted octanol–water partition coefficient (Wildman–Crippen LogP) is 2.71. The van der Waals surface area contributed by atoms with Gasteiger partial charge in [-0.25, -0.2) is 8.42 Å². The standard InChI is InChI=1S/C16H17NO3S/c1-2-17(12-14-6-4-3-5-7-14)21(19,20)16-10-8-15(13-18)9-11-16/h3-11,13H,2,12H2,1H3. The molecule has 0 saturated carbocycles. The maximum absolute atomic E-state index is 12.6. The van der Waals surface area contributed by atoms with Gasteiger partial charge in [-0.15, -0.1) is 0 Å². The summed E-state index contributed by atoms with van der Waals surface area (Å²) in [5, 5.41) is 0. The molecular formula is C16H17NO3S. The van der Waals surface area contributed by atoms with Crippen molar-refractivity contribution in [1.29, 1.82) is 0 Å². The number of hydrogen-bond acceptors (Lipinski definition) is 3. The Hall–Kier alpha value is -1.98. The number of benzene rings is 2. The van der Waals surface area contributed by atoms with Crippen LogP contribution in [0.15, 0.2) is 59.5 Å². The van der Waals surface area contributed by atoms with Gasteiger partial charge in [0.1, 0.15) is 6.29 Å². The van der Waals surface area contributed by atoms with Crippen LogP contribution in [-0.2, 0) is 16.6 Å². The van der Waals surface area contributed by atoms with Gasteiger partial charge >= 0.3 is 0 Å². The van der Waals surface area contributed by atoms with E-state index < -0.39 is 10.0 Å². The molecule has 0 aliphatic rings. The molecule has 0 amide bonds. The summed E-state index contributed by atoms with van der Waals surface area (Å²) >= 11 is 0. The molecule has 2 aromatic carbocycles. The highest BCUT2D eigenvalue weighted by Crippen LogP contribution is 2.18. The second-order valence-electron chi connectivity index (χ2n) is 4.60. The predicted molar refractivity (Wildman–Crippen MR) is 81.5 cm³/mol. The summed E-state index contributed by atoms with van der Waals surface area (Å²) in [7, 11) is -3.56. The van der Waals surface area contributed by atoms with Crippen molar-refractivity contribution in [3.63, 3.8) is 0 Å². The average molecular weight is 303 g/mol. The molecule has 0 aliphatic carbocycles. The maximum Gasteiger partial charge on any atom is 0.243 e. The molecule has 0 spiro atoms. The van der Waals surface area contributed by atoms with Crippen molar-refractivity contribution >= 4 is 16.3 Å². The van der Waals surface area contributed by atoms with E-state index in [-0.39, 0.29) is 4.90 Å². The van der Waals surface area contributed by atoms with Crippen LogP contribution >= 0.6 is 0 Å². The van der Waals surface area contributed by atoms with E-state index in [0.29, 0.717) is 24.9 Å². The van der Waals surface area contributed by atoms with Gasteiger partial charge in [-0.05, 0) is 17.7 Å². The molecule has 5 heteroatoms. The van der Waals surface area contributed by atoms with E-state index in [2.05, 4.69) is 0 Å². The lowest BCUT2D eigenvalue weighted by molar-refractivity contribution is 0.112. The van der Waals surface area contributed by atoms with E-state index in [0.717, 1.165) is 5.56 Å². The summed E-state index contributed by atoms with van der Waals surface area (Å²) in [6.45, 7) is 2.52. The molecule has 0 radical (unpaired) electrons. The molecule has 110 valence electrons. The van der Waals surface area contributed by atoms with Crippen LogP contribution in [0.1, 0.15) is 22.8 Å². The molecule has 0 N–H and O–H groups in total. The number of carbonyl (C=O) groups excluding carboxylic acids is 1. The van der Waals surface area contributed by atoms with E-state index in [4.69, 9.17) is 0 Å². The fourth-order valence-electron chi connectivity index (χ4n) is 2.02. The van der Waals surface area contributed by atoms with E-state index in [1.165, 1.54) is 28.6 Å². The maximum atomic E-state index is 12.6. The Labute approximate surface area is 125 Å². The Morgan fingerprint density at radius 3 is 2.14 bits per heavy atom. The van der Waals surface area contributed by atoms with Gasteiger partial charge in [0, 0.05) is 18.7 Å². The van der Waals surface area contributed by atoms with Crippen molar-refractivity contribution in [2.45, 2.75) is 18.4 Å². The molecule has 0 unspecified atom stereocenters. The molecular weight excluding hydrogens is 286 g/mol. The fourth-order valence-corrected chi connectivity index (χ4v) is 3.46. The van der Waals surface area contributed by atoms with Gasteiger partial charge in [0.15, 0.2) is 0 Å². The minimum absolute atomic E-state index is 0.200. The smallest absolute Gasteiger partial charge is 0.243 e. The topological polar surface area (TPSA) is 54.5 Å². The molecule has 0 fully saturated rings. The van der Waals surface area contributed by atoms with E-state index in [9.17, 15) is 13.2 Å². The molecule has 0 aromatic heterocycles. The lowest BCUT2D eigenvalue weighted by Crippen LogP contribution is -2.30. The molecule has 0 heterocycles. The first-order valence-electron chi connectivity index (χ1n) is 6.67. The number of rotatable bonds is 6. The fraction of sp³-hybridized carbons (Fsp3) is 0.188. The van der Waals surface area contributed by atoms with Crippen molar-refractivity contribution in [3.8, 4) is 0 Å². The molecule has 0 saturated heterocycles. The van der Waals surface area contributed by atoms with Crippen molar-refractivity contribution < 1.29 is 13.2 Å². The molecule has 0 atom stereocenters. The summed E-state index contributed by atoms with van der Waals surface area (Å²) in [4.78, 5) is 10.8. The molecule has 21 heavy (non-hydrogen) atoms. The number of hydrogen-bond donors (Lipinski definition) is 0. The van der Waals surface area contributed by atoms with Gasteiger partial charge in [-0.3, -0.25) is 4.79 Å². The normalized spacial score (nSPS) is 11.5. The highest BCUT2D eigenvalue weighted by atomic mass is 32.2. The molecule has 2 rings (SSSR count). The Balaban J connectivity index is 2.28. The lowest BCUT2D eigenvalue weighted by Gasteiger charge is -2.20. The summed E-state index contributed by atoms with van der Waals surface area (Å²) in [5.41, 5.74) is 1.40. The zero-order valence-corrected chi connectivity index (χ0v) is 12.6. The Bertz CT molecular complexity index is 694. The molecule has 2 aromatic rings. The second-order valence-corrected chi connectivity index (χ2v) is 6.54. The van der Waals surface area contributed by atoms with Gasteiger partial charge in [0.2, 0.25) is 10.0 Å². The summed E-state index contributed by atoms with van der Waals surface area (Å²) < 4.78 is 26.6. The minimum atomic E-state index is -3.56. The van der Waals surface area contributed by atoms with Gasteiger partial charge in [0.25, 0.3) is 0 Å². The molecule has 0 aliphatic heterocycles. The van der Waals surface area contributed by atoms with Gasteiger partial charge in [-0.1, -0.05) is 49.4 Å². The highest BCUT2D eigenvalue weighted by molar-refractivity contribution is 7.89. The monoisotopic (exact) mass is 303 g/mol. The van der Waals surface area contributed by atoms with Crippen LogP contribution in [0.2, 0.25) is 0 Å². The second kappa shape index (κ2) is 6.65. The summed E-state index contributed by atoms with van der Waals surface area (Å²) in [6, 6.07) is 15.4. The largest absolute Gasteiger partial charge is 0.298 e. The van der Waals surface area contributed by atoms with Crippen molar-refractivity contribution in [1.82, 2.24) is 4.31 Å². The number of nitrogens with zero attached hydrogens (tertiary/aromatic N) is 1. The summed E-state index contributed by atoms with van der Waals surface area (Å²) in [5.74, 6) is 0. The third-order valence-corrected chi connectivity index (χ3v) is 5.14. The molecule has 0 bridgehead atoms. The minimum Gasteiger partial charge on any atom is -0.298 e. The van der Waals surface area contributed by atoms with Crippen LogP contribution in [0, 0.1) is 0 Å². The molecule has 4 nitrogen and oxygen atoms in total. The van der Waals surface area contributed by atoms with Crippen LogP contribution in [0.4, 0.5) is 0 Å². The number of sulfonamides is 1.